The van der Waals surface area contributed by atoms with Crippen molar-refractivity contribution in [1.29, 1.82) is 0 Å². The van der Waals surface area contributed by atoms with Crippen molar-refractivity contribution in [2.75, 3.05) is 5.73 Å². The van der Waals surface area contributed by atoms with Gasteiger partial charge in [0.05, 0.1) is 5.69 Å². The number of nitrogens with zero attached hydrogens (tertiary/aromatic N) is 1. The van der Waals surface area contributed by atoms with Crippen molar-refractivity contribution < 1.29 is 0 Å². The molecule has 0 radical (unpaired) electrons. The van der Waals surface area contributed by atoms with Gasteiger partial charge in [-0.2, -0.15) is 5.10 Å². The predicted octanol–water partition coefficient (Wildman–Crippen LogP) is 4.00. The highest BCUT2D eigenvalue weighted by atomic mass is 35.5. The number of aromatic amines is 1. The van der Waals surface area contributed by atoms with Crippen molar-refractivity contribution in [3.63, 3.8) is 0 Å². The quantitative estimate of drug-likeness (QED) is 0.879. The maximum Gasteiger partial charge on any atom is 0.153 e. The summed E-state index contributed by atoms with van der Waals surface area (Å²) in [6, 6.07) is 7.69. The number of anilines is 1. The van der Waals surface area contributed by atoms with Crippen LogP contribution in [0.4, 0.5) is 5.82 Å². The van der Waals surface area contributed by atoms with E-state index in [0.29, 0.717) is 10.8 Å². The third-order valence-corrected chi connectivity index (χ3v) is 3.70. The molecule has 0 fully saturated rings. The normalized spacial score (nSPS) is 11.8. The van der Waals surface area contributed by atoms with E-state index in [1.54, 1.807) is 0 Å². The Balaban J connectivity index is 2.61. The lowest BCUT2D eigenvalue weighted by Crippen LogP contribution is -2.17. The Morgan fingerprint density at radius 2 is 2.11 bits per heavy atom. The second-order valence-corrected chi connectivity index (χ2v) is 5.54. The molecule has 1 heterocycles. The third-order valence-electron chi connectivity index (χ3n) is 3.47. The minimum Gasteiger partial charge on any atom is -0.382 e. The summed E-state index contributed by atoms with van der Waals surface area (Å²) in [5, 5.41) is 7.91. The van der Waals surface area contributed by atoms with Gasteiger partial charge in [-0.05, 0) is 24.1 Å². The van der Waals surface area contributed by atoms with Crippen LogP contribution in [-0.4, -0.2) is 10.2 Å². The van der Waals surface area contributed by atoms with Gasteiger partial charge >= 0.3 is 0 Å². The van der Waals surface area contributed by atoms with Crippen molar-refractivity contribution in [3.8, 4) is 11.1 Å². The highest BCUT2D eigenvalue weighted by Crippen LogP contribution is 2.37. The molecular formula is C14H18ClN3. The summed E-state index contributed by atoms with van der Waals surface area (Å²) in [5.41, 5.74) is 9.02. The van der Waals surface area contributed by atoms with Crippen molar-refractivity contribution >= 4 is 17.4 Å². The van der Waals surface area contributed by atoms with E-state index in [-0.39, 0.29) is 5.41 Å². The first kappa shape index (κ1) is 13.0. The third kappa shape index (κ3) is 2.23. The first-order chi connectivity index (χ1) is 8.45. The molecule has 0 bridgehead atoms. The van der Waals surface area contributed by atoms with Crippen LogP contribution in [0.2, 0.25) is 5.02 Å². The number of H-pyrrole nitrogens is 1. The zero-order chi connectivity index (χ0) is 13.3. The Morgan fingerprint density at radius 3 is 2.72 bits per heavy atom. The van der Waals surface area contributed by atoms with Crippen LogP contribution in [0, 0.1) is 0 Å². The molecule has 96 valence electrons. The SMILES string of the molecule is CCC(C)(C)c1[nH]nc(N)c1-c1cccc(Cl)c1. The van der Waals surface area contributed by atoms with E-state index in [9.17, 15) is 0 Å². The molecule has 3 nitrogen and oxygen atoms in total. The lowest BCUT2D eigenvalue weighted by molar-refractivity contribution is 0.490. The fourth-order valence-electron chi connectivity index (χ4n) is 1.96. The van der Waals surface area contributed by atoms with E-state index < -0.39 is 0 Å². The first-order valence-corrected chi connectivity index (χ1v) is 6.43. The van der Waals surface area contributed by atoms with Crippen LogP contribution in [0.3, 0.4) is 0 Å². The molecule has 0 spiro atoms. The molecule has 2 aromatic rings. The second kappa shape index (κ2) is 4.65. The van der Waals surface area contributed by atoms with Crippen molar-refractivity contribution in [1.82, 2.24) is 10.2 Å². The van der Waals surface area contributed by atoms with Gasteiger partial charge in [0.25, 0.3) is 0 Å². The van der Waals surface area contributed by atoms with Gasteiger partial charge in [-0.15, -0.1) is 0 Å². The highest BCUT2D eigenvalue weighted by molar-refractivity contribution is 6.30. The monoisotopic (exact) mass is 263 g/mol. The molecule has 0 unspecified atom stereocenters. The number of aromatic nitrogens is 2. The summed E-state index contributed by atoms with van der Waals surface area (Å²) in [6.07, 6.45) is 1.00. The molecule has 0 amide bonds. The molecule has 0 aliphatic rings. The smallest absolute Gasteiger partial charge is 0.153 e. The zero-order valence-corrected chi connectivity index (χ0v) is 11.7. The van der Waals surface area contributed by atoms with Crippen molar-refractivity contribution in [2.24, 2.45) is 0 Å². The summed E-state index contributed by atoms with van der Waals surface area (Å²) >= 11 is 6.04. The standard InChI is InChI=1S/C14H18ClN3/c1-4-14(2,3)12-11(13(16)18-17-12)9-6-5-7-10(15)8-9/h5-8H,4H2,1-3H3,(H3,16,17,18). The van der Waals surface area contributed by atoms with E-state index >= 15 is 0 Å². The van der Waals surface area contributed by atoms with Gasteiger partial charge in [0.15, 0.2) is 5.82 Å². The van der Waals surface area contributed by atoms with Crippen LogP contribution in [0.1, 0.15) is 32.9 Å². The molecule has 0 saturated carbocycles. The summed E-state index contributed by atoms with van der Waals surface area (Å²) in [6.45, 7) is 6.50. The fraction of sp³-hybridized carbons (Fsp3) is 0.357. The van der Waals surface area contributed by atoms with E-state index in [4.69, 9.17) is 17.3 Å². The molecule has 0 aliphatic carbocycles. The number of rotatable bonds is 3. The molecule has 0 saturated heterocycles. The van der Waals surface area contributed by atoms with Gasteiger partial charge in [-0.3, -0.25) is 5.10 Å². The molecule has 4 heteroatoms. The van der Waals surface area contributed by atoms with Crippen molar-refractivity contribution in [2.45, 2.75) is 32.6 Å². The van der Waals surface area contributed by atoms with Crippen LogP contribution in [0.25, 0.3) is 11.1 Å². The minimum absolute atomic E-state index is 0.00225. The summed E-state index contributed by atoms with van der Waals surface area (Å²) < 4.78 is 0. The maximum atomic E-state index is 6.04. The van der Waals surface area contributed by atoms with Gasteiger partial charge in [0.2, 0.25) is 0 Å². The molecule has 2 rings (SSSR count). The lowest BCUT2D eigenvalue weighted by atomic mass is 9.83. The number of nitrogens with two attached hydrogens (primary N) is 1. The molecule has 0 aliphatic heterocycles. The maximum absolute atomic E-state index is 6.04. The zero-order valence-electron chi connectivity index (χ0n) is 10.9. The summed E-state index contributed by atoms with van der Waals surface area (Å²) in [7, 11) is 0. The summed E-state index contributed by atoms with van der Waals surface area (Å²) in [4.78, 5) is 0. The number of nitrogen functional groups attached to an aromatic ring is 1. The minimum atomic E-state index is 0.00225. The van der Waals surface area contributed by atoms with Crippen LogP contribution >= 0.6 is 11.6 Å². The number of hydrogen-bond acceptors (Lipinski definition) is 2. The molecule has 3 N–H and O–H groups in total. The second-order valence-electron chi connectivity index (χ2n) is 5.11. The Hall–Kier alpha value is -1.48. The topological polar surface area (TPSA) is 54.7 Å². The van der Waals surface area contributed by atoms with Gasteiger partial charge in [0, 0.05) is 16.0 Å². The van der Waals surface area contributed by atoms with E-state index in [1.165, 1.54) is 0 Å². The van der Waals surface area contributed by atoms with Crippen LogP contribution < -0.4 is 5.73 Å². The molecular weight excluding hydrogens is 246 g/mol. The van der Waals surface area contributed by atoms with E-state index in [2.05, 4.69) is 31.0 Å². The van der Waals surface area contributed by atoms with E-state index in [0.717, 1.165) is 23.2 Å². The highest BCUT2D eigenvalue weighted by Gasteiger charge is 2.26. The average molecular weight is 264 g/mol. The number of hydrogen-bond donors (Lipinski definition) is 2. The van der Waals surface area contributed by atoms with Gasteiger partial charge in [-0.25, -0.2) is 0 Å². The number of benzene rings is 1. The molecule has 18 heavy (non-hydrogen) atoms. The Kier molecular flexibility index (Phi) is 3.35. The average Bonchev–Trinajstić information content (AvgIpc) is 2.72. The first-order valence-electron chi connectivity index (χ1n) is 6.06. The number of nitrogens with one attached hydrogen (secondary N) is 1. The molecule has 1 aromatic carbocycles. The van der Waals surface area contributed by atoms with Crippen LogP contribution in [0.15, 0.2) is 24.3 Å². The van der Waals surface area contributed by atoms with Gasteiger partial charge in [-0.1, -0.05) is 44.5 Å². The number of halogens is 1. The van der Waals surface area contributed by atoms with E-state index in [1.807, 2.05) is 24.3 Å². The fourth-order valence-corrected chi connectivity index (χ4v) is 2.15. The van der Waals surface area contributed by atoms with Gasteiger partial charge in [0.1, 0.15) is 0 Å². The largest absolute Gasteiger partial charge is 0.382 e. The lowest BCUT2D eigenvalue weighted by Gasteiger charge is -2.22. The Morgan fingerprint density at radius 1 is 1.39 bits per heavy atom. The molecule has 0 atom stereocenters. The van der Waals surface area contributed by atoms with Crippen molar-refractivity contribution in [3.05, 3.63) is 35.0 Å². The Bertz CT molecular complexity index is 558. The van der Waals surface area contributed by atoms with Crippen LogP contribution in [-0.2, 0) is 5.41 Å². The predicted molar refractivity (Wildman–Crippen MR) is 76.8 cm³/mol. The van der Waals surface area contributed by atoms with Gasteiger partial charge < -0.3 is 5.73 Å². The Labute approximate surface area is 112 Å². The molecule has 1 aromatic heterocycles. The summed E-state index contributed by atoms with van der Waals surface area (Å²) in [5.74, 6) is 0.522. The van der Waals surface area contributed by atoms with Crippen LogP contribution in [0.5, 0.6) is 0 Å².